The first kappa shape index (κ1) is 20.0. The summed E-state index contributed by atoms with van der Waals surface area (Å²) in [5.41, 5.74) is 14.0. The zero-order chi connectivity index (χ0) is 21.5. The first-order chi connectivity index (χ1) is 15.0. The third-order valence-electron chi connectivity index (χ3n) is 5.69. The van der Waals surface area contributed by atoms with Crippen molar-refractivity contribution in [1.29, 1.82) is 0 Å². The number of hydrogen-bond acceptors (Lipinski definition) is 3. The highest BCUT2D eigenvalue weighted by Gasteiger charge is 2.20. The van der Waals surface area contributed by atoms with Crippen molar-refractivity contribution in [2.45, 2.75) is 13.0 Å². The van der Waals surface area contributed by atoms with Gasteiger partial charge in [-0.25, -0.2) is 0 Å². The molecule has 0 fully saturated rings. The zero-order valence-electron chi connectivity index (χ0n) is 16.8. The van der Waals surface area contributed by atoms with E-state index in [0.29, 0.717) is 10.0 Å². The highest BCUT2D eigenvalue weighted by atomic mass is 35.5. The van der Waals surface area contributed by atoms with Crippen molar-refractivity contribution in [2.24, 2.45) is 5.73 Å². The third-order valence-corrected chi connectivity index (χ3v) is 6.16. The molecule has 2 aromatic heterocycles. The maximum absolute atomic E-state index is 6.90. The summed E-state index contributed by atoms with van der Waals surface area (Å²) in [6.45, 7) is 2.11. The fourth-order valence-corrected chi connectivity index (χ4v) is 4.57. The number of nitrogens with zero attached hydrogens (tertiary/aromatic N) is 2. The number of aromatic nitrogens is 2. The minimum absolute atomic E-state index is 0.336. The minimum Gasteiger partial charge on any atom is -0.320 e. The van der Waals surface area contributed by atoms with Crippen molar-refractivity contribution < 1.29 is 0 Å². The van der Waals surface area contributed by atoms with Crippen LogP contribution in [0.2, 0.25) is 10.0 Å². The van der Waals surface area contributed by atoms with Crippen molar-refractivity contribution >= 4 is 45.0 Å². The quantitative estimate of drug-likeness (QED) is 0.323. The predicted octanol–water partition coefficient (Wildman–Crippen LogP) is 7.11. The fourth-order valence-electron chi connectivity index (χ4n) is 4.24. The molecule has 3 aromatic carbocycles. The molecule has 2 heterocycles. The number of aryl methyl sites for hydroxylation is 1. The second-order valence-electron chi connectivity index (χ2n) is 7.60. The van der Waals surface area contributed by atoms with Crippen LogP contribution in [0.3, 0.4) is 0 Å². The number of rotatable bonds is 3. The molecule has 0 saturated carbocycles. The Balaban J connectivity index is 1.75. The topological polar surface area (TPSA) is 51.8 Å². The molecular weight excluding hydrogens is 425 g/mol. The Hall–Kier alpha value is -2.98. The van der Waals surface area contributed by atoms with E-state index in [1.165, 1.54) is 0 Å². The van der Waals surface area contributed by atoms with Gasteiger partial charge < -0.3 is 5.73 Å². The van der Waals surface area contributed by atoms with Gasteiger partial charge >= 0.3 is 0 Å². The van der Waals surface area contributed by atoms with Crippen LogP contribution in [0.4, 0.5) is 0 Å². The number of fused-ring (bicyclic) bond motifs is 2. The maximum Gasteiger partial charge on any atom is 0.0723 e. The van der Waals surface area contributed by atoms with E-state index in [2.05, 4.69) is 35.1 Å². The second-order valence-corrected chi connectivity index (χ2v) is 8.47. The third kappa shape index (κ3) is 3.55. The Bertz CT molecular complexity index is 1450. The summed E-state index contributed by atoms with van der Waals surface area (Å²) >= 11 is 12.4. The number of hydrogen-bond donors (Lipinski definition) is 1. The average molecular weight is 444 g/mol. The van der Waals surface area contributed by atoms with Crippen LogP contribution in [0.5, 0.6) is 0 Å². The highest BCUT2D eigenvalue weighted by Crippen LogP contribution is 2.38. The standard InChI is InChI=1S/C26H19Cl2N3/c1-15-3-2-4-22(25(15)20-9-11-30-23-13-16(27)5-7-18(20)23)26(29)21-10-12-31-24-14-17(28)6-8-19(21)24/h2-14,26H,29H2,1H3. The first-order valence-electron chi connectivity index (χ1n) is 9.97. The monoisotopic (exact) mass is 443 g/mol. The number of pyridine rings is 2. The van der Waals surface area contributed by atoms with Gasteiger partial charge in [0.05, 0.1) is 17.1 Å². The molecule has 5 aromatic rings. The Morgan fingerprint density at radius 2 is 1.39 bits per heavy atom. The molecule has 1 unspecified atom stereocenters. The summed E-state index contributed by atoms with van der Waals surface area (Å²) in [5, 5.41) is 3.36. The molecule has 1 atom stereocenters. The molecule has 0 spiro atoms. The molecule has 0 aliphatic rings. The predicted molar refractivity (Wildman–Crippen MR) is 130 cm³/mol. The van der Waals surface area contributed by atoms with Gasteiger partial charge in [-0.05, 0) is 71.1 Å². The van der Waals surface area contributed by atoms with Gasteiger partial charge in [-0.15, -0.1) is 0 Å². The molecule has 5 rings (SSSR count). The van der Waals surface area contributed by atoms with Gasteiger partial charge in [0.25, 0.3) is 0 Å². The number of halogens is 2. The molecule has 0 aliphatic carbocycles. The van der Waals surface area contributed by atoms with Gasteiger partial charge in [-0.1, -0.05) is 53.5 Å². The van der Waals surface area contributed by atoms with Crippen LogP contribution in [0.1, 0.15) is 22.7 Å². The highest BCUT2D eigenvalue weighted by molar-refractivity contribution is 6.31. The lowest BCUT2D eigenvalue weighted by atomic mass is 9.86. The van der Waals surface area contributed by atoms with E-state index >= 15 is 0 Å². The van der Waals surface area contributed by atoms with E-state index < -0.39 is 0 Å². The molecule has 5 heteroatoms. The summed E-state index contributed by atoms with van der Waals surface area (Å²) in [6.07, 6.45) is 3.60. The van der Waals surface area contributed by atoms with E-state index in [1.807, 2.05) is 54.7 Å². The van der Waals surface area contributed by atoms with Gasteiger partial charge in [0.15, 0.2) is 0 Å². The molecule has 2 N–H and O–H groups in total. The van der Waals surface area contributed by atoms with Crippen molar-refractivity contribution in [1.82, 2.24) is 9.97 Å². The van der Waals surface area contributed by atoms with Gasteiger partial charge in [0.2, 0.25) is 0 Å². The average Bonchev–Trinajstić information content (AvgIpc) is 2.77. The van der Waals surface area contributed by atoms with E-state index in [4.69, 9.17) is 28.9 Å². The lowest BCUT2D eigenvalue weighted by Crippen LogP contribution is -2.14. The summed E-state index contributed by atoms with van der Waals surface area (Å²) in [4.78, 5) is 8.97. The van der Waals surface area contributed by atoms with Crippen LogP contribution in [0, 0.1) is 6.92 Å². The Labute approximate surface area is 190 Å². The van der Waals surface area contributed by atoms with Crippen LogP contribution in [-0.2, 0) is 0 Å². The van der Waals surface area contributed by atoms with Gasteiger partial charge in [0, 0.05) is 33.2 Å². The largest absolute Gasteiger partial charge is 0.320 e. The molecule has 0 amide bonds. The van der Waals surface area contributed by atoms with E-state index in [-0.39, 0.29) is 6.04 Å². The normalized spacial score (nSPS) is 12.4. The van der Waals surface area contributed by atoms with Crippen molar-refractivity contribution in [3.05, 3.63) is 106 Å². The summed E-state index contributed by atoms with van der Waals surface area (Å²) in [6, 6.07) is 21.5. The summed E-state index contributed by atoms with van der Waals surface area (Å²) in [5.74, 6) is 0. The Kier molecular flexibility index (Phi) is 5.11. The van der Waals surface area contributed by atoms with Crippen molar-refractivity contribution in [2.75, 3.05) is 0 Å². The number of nitrogens with two attached hydrogens (primary N) is 1. The Morgan fingerprint density at radius 3 is 2.13 bits per heavy atom. The van der Waals surface area contributed by atoms with Crippen LogP contribution < -0.4 is 5.73 Å². The maximum atomic E-state index is 6.90. The smallest absolute Gasteiger partial charge is 0.0723 e. The van der Waals surface area contributed by atoms with Crippen molar-refractivity contribution in [3.63, 3.8) is 0 Å². The van der Waals surface area contributed by atoms with E-state index in [9.17, 15) is 0 Å². The molecule has 0 bridgehead atoms. The molecule has 152 valence electrons. The molecule has 31 heavy (non-hydrogen) atoms. The molecule has 0 saturated heterocycles. The molecule has 0 aliphatic heterocycles. The van der Waals surface area contributed by atoms with Crippen LogP contribution in [-0.4, -0.2) is 9.97 Å². The van der Waals surface area contributed by atoms with Crippen LogP contribution in [0.15, 0.2) is 79.1 Å². The summed E-state index contributed by atoms with van der Waals surface area (Å²) in [7, 11) is 0. The van der Waals surface area contributed by atoms with Gasteiger partial charge in [-0.2, -0.15) is 0 Å². The SMILES string of the molecule is Cc1cccc(C(N)c2ccnc3cc(Cl)ccc23)c1-c1ccnc2cc(Cl)ccc12. The van der Waals surface area contributed by atoms with Crippen LogP contribution >= 0.6 is 23.2 Å². The fraction of sp³-hybridized carbons (Fsp3) is 0.0769. The minimum atomic E-state index is -0.336. The van der Waals surface area contributed by atoms with Gasteiger partial charge in [-0.3, -0.25) is 9.97 Å². The lowest BCUT2D eigenvalue weighted by molar-refractivity contribution is 0.879. The van der Waals surface area contributed by atoms with Gasteiger partial charge in [0.1, 0.15) is 0 Å². The summed E-state index contributed by atoms with van der Waals surface area (Å²) < 4.78 is 0. The molecular formula is C26H19Cl2N3. The second kappa shape index (κ2) is 7.93. The first-order valence-corrected chi connectivity index (χ1v) is 10.7. The lowest BCUT2D eigenvalue weighted by Gasteiger charge is -2.21. The molecule has 0 radical (unpaired) electrons. The van der Waals surface area contributed by atoms with E-state index in [0.717, 1.165) is 49.6 Å². The van der Waals surface area contributed by atoms with Crippen molar-refractivity contribution in [3.8, 4) is 11.1 Å². The zero-order valence-corrected chi connectivity index (χ0v) is 18.3. The number of benzene rings is 3. The Morgan fingerprint density at radius 1 is 0.742 bits per heavy atom. The molecule has 3 nitrogen and oxygen atoms in total. The van der Waals surface area contributed by atoms with Crippen LogP contribution in [0.25, 0.3) is 32.9 Å². The van der Waals surface area contributed by atoms with E-state index in [1.54, 1.807) is 6.20 Å².